The van der Waals surface area contributed by atoms with Crippen LogP contribution in [0.15, 0.2) is 189 Å². The van der Waals surface area contributed by atoms with Crippen molar-refractivity contribution in [3.8, 4) is 113 Å². The molecule has 2 aliphatic carbocycles. The minimum Gasteiger partial charge on any atom is -0.327 e. The van der Waals surface area contributed by atoms with Crippen LogP contribution >= 0.6 is 0 Å². The predicted octanol–water partition coefficient (Wildman–Crippen LogP) is 13.5. The highest BCUT2D eigenvalue weighted by Crippen LogP contribution is 2.52. The van der Waals surface area contributed by atoms with Crippen LogP contribution in [-0.2, 0) is 7.05 Å². The van der Waals surface area contributed by atoms with Crippen molar-refractivity contribution in [1.82, 2.24) is 39.5 Å². The first-order chi connectivity index (χ1) is 32.6. The maximum absolute atomic E-state index is 5.15. The number of fused-ring (bicyclic) bond motifs is 7. The summed E-state index contributed by atoms with van der Waals surface area (Å²) in [4.78, 5) is 33.9. The van der Waals surface area contributed by atoms with Crippen LogP contribution in [0.2, 0.25) is 0 Å². The molecule has 0 aliphatic heterocycles. The van der Waals surface area contributed by atoms with E-state index in [9.17, 15) is 0 Å². The molecule has 3 heterocycles. The van der Waals surface area contributed by atoms with Crippen LogP contribution in [0.1, 0.15) is 0 Å². The first kappa shape index (κ1) is 36.5. The summed E-state index contributed by atoms with van der Waals surface area (Å²) in [6.07, 6.45) is 3.21. The van der Waals surface area contributed by atoms with Gasteiger partial charge in [0.15, 0.2) is 23.3 Å². The first-order valence-electron chi connectivity index (χ1n) is 22.0. The Hall–Kier alpha value is -9.01. The average molecular weight is 843 g/mol. The molecule has 14 rings (SSSR count). The SMILES string of the molecule is Cn1c(-c2ccc3c4c(cccc24)-c2ccc(-c4cccc(-c5ncnc(-c6cc7c8c(ccc(-c9ncnc(-c%10ccccc%10)n9)c8c6)-c6ccccc6-7)n5)c4)cc2-3)nc2ccccc21. The lowest BCUT2D eigenvalue weighted by Gasteiger charge is -2.12. The third-order valence-electron chi connectivity index (χ3n) is 13.4. The van der Waals surface area contributed by atoms with E-state index in [1.807, 2.05) is 36.4 Å². The monoisotopic (exact) mass is 842 g/mol. The number of hydrogen-bond acceptors (Lipinski definition) is 7. The van der Waals surface area contributed by atoms with Gasteiger partial charge in [-0.3, -0.25) is 0 Å². The molecule has 306 valence electrons. The van der Waals surface area contributed by atoms with Crippen LogP contribution in [0.3, 0.4) is 0 Å². The number of rotatable bonds is 6. The van der Waals surface area contributed by atoms with E-state index in [1.165, 1.54) is 49.7 Å². The van der Waals surface area contributed by atoms with Gasteiger partial charge in [-0.15, -0.1) is 0 Å². The standard InChI is InChI=1S/C58H34N8/c1-66-51-20-8-7-19-50(51)63-58(66)46-26-24-44-47-28-35(21-22-40(47)41-17-10-18-42(46)52(41)44)34-13-9-14-36(27-34)55-60-31-61-56(64-55)37-29-48-39-16-6-5-15-38(39)43-23-25-45(49(30-37)53(43)48)57-62-32-59-54(65-57)33-11-3-2-4-12-33/h2-32H,1H3. The second kappa shape index (κ2) is 14.0. The lowest BCUT2D eigenvalue weighted by atomic mass is 9.95. The van der Waals surface area contributed by atoms with Gasteiger partial charge in [0.05, 0.1) is 11.0 Å². The zero-order valence-electron chi connectivity index (χ0n) is 35.5. The van der Waals surface area contributed by atoms with E-state index < -0.39 is 0 Å². The molecule has 0 unspecified atom stereocenters. The topological polar surface area (TPSA) is 95.2 Å². The van der Waals surface area contributed by atoms with E-state index in [2.05, 4.69) is 156 Å². The van der Waals surface area contributed by atoms with E-state index in [4.69, 9.17) is 29.9 Å². The van der Waals surface area contributed by atoms with Crippen LogP contribution in [-0.4, -0.2) is 39.5 Å². The summed E-state index contributed by atoms with van der Waals surface area (Å²) in [6.45, 7) is 0. The molecule has 2 aliphatic rings. The Bertz CT molecular complexity index is 4020. The predicted molar refractivity (Wildman–Crippen MR) is 264 cm³/mol. The number of para-hydroxylation sites is 2. The van der Waals surface area contributed by atoms with Crippen molar-refractivity contribution in [2.45, 2.75) is 0 Å². The Kier molecular flexibility index (Phi) is 7.73. The number of nitrogens with zero attached hydrogens (tertiary/aromatic N) is 8. The number of hydrogen-bond donors (Lipinski definition) is 0. The van der Waals surface area contributed by atoms with Crippen molar-refractivity contribution in [2.24, 2.45) is 7.05 Å². The maximum atomic E-state index is 5.15. The number of aromatic nitrogens is 8. The highest BCUT2D eigenvalue weighted by molar-refractivity contribution is 6.20. The van der Waals surface area contributed by atoms with Crippen LogP contribution in [0.5, 0.6) is 0 Å². The zero-order chi connectivity index (χ0) is 43.5. The molecule has 66 heavy (non-hydrogen) atoms. The Morgan fingerprint density at radius 2 is 0.864 bits per heavy atom. The smallest absolute Gasteiger partial charge is 0.163 e. The summed E-state index contributed by atoms with van der Waals surface area (Å²) in [6, 6.07) is 62.1. The summed E-state index contributed by atoms with van der Waals surface area (Å²) in [5.74, 6) is 3.40. The molecule has 0 amide bonds. The van der Waals surface area contributed by atoms with Gasteiger partial charge < -0.3 is 4.57 Å². The summed E-state index contributed by atoms with van der Waals surface area (Å²) in [5.41, 5.74) is 18.8. The largest absolute Gasteiger partial charge is 0.327 e. The van der Waals surface area contributed by atoms with E-state index in [0.717, 1.165) is 72.1 Å². The molecule has 0 atom stereocenters. The van der Waals surface area contributed by atoms with E-state index in [-0.39, 0.29) is 0 Å². The summed E-state index contributed by atoms with van der Waals surface area (Å²) < 4.78 is 2.20. The minimum atomic E-state index is 0.589. The lowest BCUT2D eigenvalue weighted by molar-refractivity contribution is 0.961. The van der Waals surface area contributed by atoms with Crippen molar-refractivity contribution < 1.29 is 0 Å². The van der Waals surface area contributed by atoms with Gasteiger partial charge in [-0.1, -0.05) is 127 Å². The fourth-order valence-corrected chi connectivity index (χ4v) is 10.4. The molecular formula is C58H34N8. The quantitative estimate of drug-likeness (QED) is 0.164. The van der Waals surface area contributed by atoms with Crippen LogP contribution in [0.25, 0.3) is 145 Å². The molecule has 0 radical (unpaired) electrons. The first-order valence-corrected chi connectivity index (χ1v) is 22.0. The summed E-state index contributed by atoms with van der Waals surface area (Å²) in [7, 11) is 2.10. The lowest BCUT2D eigenvalue weighted by Crippen LogP contribution is -1.97. The molecule has 9 aromatic carbocycles. The molecule has 0 N–H and O–H groups in total. The van der Waals surface area contributed by atoms with Crippen molar-refractivity contribution in [3.63, 3.8) is 0 Å². The molecule has 0 fully saturated rings. The fourth-order valence-electron chi connectivity index (χ4n) is 10.4. The molecule has 0 bridgehead atoms. The third-order valence-corrected chi connectivity index (χ3v) is 13.4. The van der Waals surface area contributed by atoms with Gasteiger partial charge in [-0.05, 0) is 126 Å². The molecule has 12 aromatic rings. The van der Waals surface area contributed by atoms with Gasteiger partial charge in [0, 0.05) is 34.9 Å². The Morgan fingerprint density at radius 1 is 0.318 bits per heavy atom. The number of imidazole rings is 1. The van der Waals surface area contributed by atoms with Crippen molar-refractivity contribution in [1.29, 1.82) is 0 Å². The molecule has 0 spiro atoms. The minimum absolute atomic E-state index is 0.589. The second-order valence-corrected chi connectivity index (χ2v) is 17.0. The average Bonchev–Trinajstić information content (AvgIpc) is 4.02. The number of benzene rings is 9. The van der Waals surface area contributed by atoms with E-state index in [1.54, 1.807) is 12.7 Å². The third kappa shape index (κ3) is 5.42. The highest BCUT2D eigenvalue weighted by atomic mass is 15.1. The van der Waals surface area contributed by atoms with Crippen molar-refractivity contribution >= 4 is 32.6 Å². The number of aryl methyl sites for hydroxylation is 1. The van der Waals surface area contributed by atoms with E-state index in [0.29, 0.717) is 23.3 Å². The maximum Gasteiger partial charge on any atom is 0.163 e. The summed E-state index contributed by atoms with van der Waals surface area (Å²) >= 11 is 0. The molecule has 0 saturated carbocycles. The fraction of sp³-hybridized carbons (Fsp3) is 0.0172. The van der Waals surface area contributed by atoms with Crippen molar-refractivity contribution in [2.75, 3.05) is 0 Å². The molecule has 3 aromatic heterocycles. The van der Waals surface area contributed by atoms with Crippen LogP contribution in [0, 0.1) is 0 Å². The second-order valence-electron chi connectivity index (χ2n) is 17.0. The van der Waals surface area contributed by atoms with Crippen LogP contribution < -0.4 is 0 Å². The Balaban J connectivity index is 0.846. The Morgan fingerprint density at radius 3 is 1.71 bits per heavy atom. The zero-order valence-corrected chi connectivity index (χ0v) is 35.5. The molecule has 0 saturated heterocycles. The Labute approximate surface area is 378 Å². The van der Waals surface area contributed by atoms with Gasteiger partial charge >= 0.3 is 0 Å². The highest BCUT2D eigenvalue weighted by Gasteiger charge is 2.27. The van der Waals surface area contributed by atoms with Gasteiger partial charge in [0.1, 0.15) is 18.5 Å². The molecule has 8 nitrogen and oxygen atoms in total. The molecule has 8 heteroatoms. The normalized spacial score (nSPS) is 12.0. The van der Waals surface area contributed by atoms with Crippen LogP contribution in [0.4, 0.5) is 0 Å². The van der Waals surface area contributed by atoms with Crippen molar-refractivity contribution in [3.05, 3.63) is 189 Å². The van der Waals surface area contributed by atoms with E-state index >= 15 is 0 Å². The summed E-state index contributed by atoms with van der Waals surface area (Å²) in [5, 5.41) is 4.67. The van der Waals surface area contributed by atoms with Gasteiger partial charge in [-0.25, -0.2) is 34.9 Å². The van der Waals surface area contributed by atoms with Gasteiger partial charge in [0.25, 0.3) is 0 Å². The molecular weight excluding hydrogens is 809 g/mol. The van der Waals surface area contributed by atoms with Gasteiger partial charge in [0.2, 0.25) is 0 Å². The van der Waals surface area contributed by atoms with Gasteiger partial charge in [-0.2, -0.15) is 0 Å².